The van der Waals surface area contributed by atoms with Gasteiger partial charge in [-0.1, -0.05) is 34.7 Å². The highest BCUT2D eigenvalue weighted by atomic mass is 79.9. The van der Waals surface area contributed by atoms with Gasteiger partial charge in [-0.05, 0) is 42.1 Å². The molecule has 7 nitrogen and oxygen atoms in total. The van der Waals surface area contributed by atoms with Crippen molar-refractivity contribution in [1.29, 1.82) is 0 Å². The van der Waals surface area contributed by atoms with Crippen LogP contribution in [0.15, 0.2) is 69.5 Å². The lowest BCUT2D eigenvalue weighted by molar-refractivity contribution is -0.384. The number of nitrogens with zero attached hydrogens (tertiary/aromatic N) is 2. The summed E-state index contributed by atoms with van der Waals surface area (Å²) in [6.45, 7) is 3.97. The predicted octanol–water partition coefficient (Wildman–Crippen LogP) is 4.81. The van der Waals surface area contributed by atoms with Crippen LogP contribution in [-0.4, -0.2) is 22.6 Å². The van der Waals surface area contributed by atoms with E-state index < -0.39 is 4.92 Å². The number of amides is 1. The molecule has 1 aliphatic heterocycles. The minimum absolute atomic E-state index is 0.0647. The summed E-state index contributed by atoms with van der Waals surface area (Å²) < 4.78 is 6.47. The molecule has 0 atom stereocenters. The Morgan fingerprint density at radius 2 is 2.14 bits per heavy atom. The zero-order valence-electron chi connectivity index (χ0n) is 14.4. The first-order valence-corrected chi connectivity index (χ1v) is 9.64. The van der Waals surface area contributed by atoms with Gasteiger partial charge in [-0.3, -0.25) is 14.9 Å². The fourth-order valence-corrected chi connectivity index (χ4v) is 3.54. The molecule has 28 heavy (non-hydrogen) atoms. The molecule has 0 radical (unpaired) electrons. The second kappa shape index (κ2) is 8.85. The second-order valence-electron chi connectivity index (χ2n) is 5.54. The quantitative estimate of drug-likeness (QED) is 0.289. The summed E-state index contributed by atoms with van der Waals surface area (Å²) in [6.07, 6.45) is 3.35. The van der Waals surface area contributed by atoms with Crippen molar-refractivity contribution in [3.8, 4) is 5.75 Å². The number of carbonyl (C=O) groups is 1. The van der Waals surface area contributed by atoms with E-state index in [2.05, 4.69) is 32.8 Å². The van der Waals surface area contributed by atoms with Crippen molar-refractivity contribution in [3.05, 3.63) is 80.2 Å². The third kappa shape index (κ3) is 4.87. The normalized spacial score (nSPS) is 16.2. The SMILES string of the molecule is C=CCOc1ccc(Br)cc1/C=C1\SC(=Nc2cccc([N+](=O)[O-])c2)NC1=O. The van der Waals surface area contributed by atoms with Gasteiger partial charge in [0.15, 0.2) is 5.17 Å². The molecule has 1 aliphatic rings. The number of non-ortho nitro benzene ring substituents is 1. The third-order valence-corrected chi connectivity index (χ3v) is 4.94. The van der Waals surface area contributed by atoms with Crippen LogP contribution in [0.3, 0.4) is 0 Å². The maximum atomic E-state index is 12.3. The van der Waals surface area contributed by atoms with Crippen molar-refractivity contribution < 1.29 is 14.5 Å². The zero-order chi connectivity index (χ0) is 20.1. The van der Waals surface area contributed by atoms with Gasteiger partial charge in [-0.2, -0.15) is 0 Å². The molecule has 1 saturated heterocycles. The number of amidine groups is 1. The summed E-state index contributed by atoms with van der Waals surface area (Å²) in [5, 5.41) is 13.9. The first kappa shape index (κ1) is 19.8. The van der Waals surface area contributed by atoms with Crippen LogP contribution in [0.1, 0.15) is 5.56 Å². The van der Waals surface area contributed by atoms with Crippen LogP contribution in [0.4, 0.5) is 11.4 Å². The summed E-state index contributed by atoms with van der Waals surface area (Å²) in [7, 11) is 0. The van der Waals surface area contributed by atoms with Gasteiger partial charge >= 0.3 is 0 Å². The molecule has 1 fully saturated rings. The van der Waals surface area contributed by atoms with E-state index in [0.29, 0.717) is 28.1 Å². The Morgan fingerprint density at radius 3 is 2.89 bits per heavy atom. The molecule has 0 saturated carbocycles. The lowest BCUT2D eigenvalue weighted by Crippen LogP contribution is -2.19. The first-order valence-electron chi connectivity index (χ1n) is 8.03. The number of carbonyl (C=O) groups excluding carboxylic acids is 1. The van der Waals surface area contributed by atoms with Gasteiger partial charge in [0, 0.05) is 22.2 Å². The van der Waals surface area contributed by atoms with Gasteiger partial charge in [0.25, 0.3) is 11.6 Å². The van der Waals surface area contributed by atoms with Crippen molar-refractivity contribution in [1.82, 2.24) is 5.32 Å². The molecule has 2 aromatic carbocycles. The van der Waals surface area contributed by atoms with Crippen LogP contribution in [-0.2, 0) is 4.79 Å². The van der Waals surface area contributed by atoms with E-state index >= 15 is 0 Å². The largest absolute Gasteiger partial charge is 0.489 e. The average molecular weight is 460 g/mol. The minimum atomic E-state index is -0.493. The topological polar surface area (TPSA) is 93.8 Å². The number of hydrogen-bond donors (Lipinski definition) is 1. The van der Waals surface area contributed by atoms with Crippen molar-refractivity contribution in [2.24, 2.45) is 4.99 Å². The van der Waals surface area contributed by atoms with Crippen molar-refractivity contribution in [2.45, 2.75) is 0 Å². The molecule has 1 N–H and O–H groups in total. The molecule has 0 aliphatic carbocycles. The highest BCUT2D eigenvalue weighted by Crippen LogP contribution is 2.32. The van der Waals surface area contributed by atoms with Crippen molar-refractivity contribution in [3.63, 3.8) is 0 Å². The van der Waals surface area contributed by atoms with E-state index in [4.69, 9.17) is 4.74 Å². The van der Waals surface area contributed by atoms with E-state index in [9.17, 15) is 14.9 Å². The number of halogens is 1. The number of hydrogen-bond acceptors (Lipinski definition) is 6. The maximum absolute atomic E-state index is 12.3. The number of nitrogens with one attached hydrogen (secondary N) is 1. The zero-order valence-corrected chi connectivity index (χ0v) is 16.8. The molecule has 142 valence electrons. The molecule has 1 heterocycles. The lowest BCUT2D eigenvalue weighted by atomic mass is 10.2. The lowest BCUT2D eigenvalue weighted by Gasteiger charge is -2.08. The Bertz CT molecular complexity index is 1020. The Labute approximate surface area is 173 Å². The van der Waals surface area contributed by atoms with E-state index in [0.717, 1.165) is 21.8 Å². The van der Waals surface area contributed by atoms with Crippen LogP contribution in [0.2, 0.25) is 0 Å². The van der Waals surface area contributed by atoms with Gasteiger partial charge in [0.1, 0.15) is 12.4 Å². The van der Waals surface area contributed by atoms with Crippen LogP contribution < -0.4 is 10.1 Å². The fourth-order valence-electron chi connectivity index (χ4n) is 2.33. The maximum Gasteiger partial charge on any atom is 0.271 e. The minimum Gasteiger partial charge on any atom is -0.489 e. The fraction of sp³-hybridized carbons (Fsp3) is 0.0526. The Kier molecular flexibility index (Phi) is 6.27. The second-order valence-corrected chi connectivity index (χ2v) is 7.49. The standard InChI is InChI=1S/C19H14BrN3O4S/c1-2-8-27-16-7-6-13(20)9-12(16)10-17-18(24)22-19(28-17)21-14-4-3-5-15(11-14)23(25)26/h2-7,9-11H,1,8H2,(H,21,22,24)/b17-10-. The van der Waals surface area contributed by atoms with Crippen molar-refractivity contribution in [2.75, 3.05) is 6.61 Å². The number of nitro groups is 1. The highest BCUT2D eigenvalue weighted by molar-refractivity contribution is 9.10. The predicted molar refractivity (Wildman–Crippen MR) is 114 cm³/mol. The number of benzene rings is 2. The van der Waals surface area contributed by atoms with E-state index in [1.807, 2.05) is 12.1 Å². The van der Waals surface area contributed by atoms with Crippen molar-refractivity contribution >= 4 is 56.2 Å². The molecule has 1 amide bonds. The molecular weight excluding hydrogens is 446 g/mol. The van der Waals surface area contributed by atoms with E-state index in [-0.39, 0.29) is 11.6 Å². The average Bonchev–Trinajstić information content (AvgIpc) is 3.00. The summed E-state index contributed by atoms with van der Waals surface area (Å²) >= 11 is 4.56. The molecule has 2 aromatic rings. The molecular formula is C19H14BrN3O4S. The summed E-state index contributed by atoms with van der Waals surface area (Å²) in [6, 6.07) is 11.4. The summed E-state index contributed by atoms with van der Waals surface area (Å²) in [4.78, 5) is 27.4. The van der Waals surface area contributed by atoms with Gasteiger partial charge in [0.2, 0.25) is 0 Å². The van der Waals surface area contributed by atoms with Crippen LogP contribution in [0.25, 0.3) is 6.08 Å². The summed E-state index contributed by atoms with van der Waals surface area (Å²) in [5.41, 5.74) is 1.05. The van der Waals surface area contributed by atoms with Crippen LogP contribution >= 0.6 is 27.7 Å². The molecule has 0 unspecified atom stereocenters. The number of nitro benzene ring substituents is 1. The van der Waals surface area contributed by atoms with Gasteiger partial charge in [0.05, 0.1) is 15.5 Å². The van der Waals surface area contributed by atoms with E-state index in [1.165, 1.54) is 12.1 Å². The number of rotatable bonds is 6. The number of aliphatic imine (C=N–C) groups is 1. The molecule has 0 aromatic heterocycles. The molecule has 0 spiro atoms. The molecule has 0 bridgehead atoms. The summed E-state index contributed by atoms with van der Waals surface area (Å²) in [5.74, 6) is 0.317. The Morgan fingerprint density at radius 1 is 1.32 bits per heavy atom. The van der Waals surface area contributed by atoms with Gasteiger partial charge in [-0.25, -0.2) is 4.99 Å². The monoisotopic (exact) mass is 459 g/mol. The van der Waals surface area contributed by atoms with Gasteiger partial charge in [-0.15, -0.1) is 0 Å². The van der Waals surface area contributed by atoms with Crippen LogP contribution in [0, 0.1) is 10.1 Å². The highest BCUT2D eigenvalue weighted by Gasteiger charge is 2.24. The smallest absolute Gasteiger partial charge is 0.271 e. The van der Waals surface area contributed by atoms with Gasteiger partial charge < -0.3 is 10.1 Å². The third-order valence-electron chi connectivity index (χ3n) is 3.54. The first-order chi connectivity index (χ1) is 13.5. The Hall–Kier alpha value is -2.91. The van der Waals surface area contributed by atoms with E-state index in [1.54, 1.807) is 30.4 Å². The molecule has 9 heteroatoms. The van der Waals surface area contributed by atoms with Crippen LogP contribution in [0.5, 0.6) is 5.75 Å². The molecule has 3 rings (SSSR count). The number of ether oxygens (including phenoxy) is 1. The Balaban J connectivity index is 1.87. The number of thioether (sulfide) groups is 1.